The predicted molar refractivity (Wildman–Crippen MR) is 40.2 cm³/mol. The molecule has 0 radical (unpaired) electrons. The average molecular weight is 220 g/mol. The molecule has 0 aromatic heterocycles. The molecule has 1 aromatic carbocycles. The molecule has 0 amide bonds. The Kier molecular flexibility index (Phi) is 6.29. The van der Waals surface area contributed by atoms with Crippen LogP contribution in [0.3, 0.4) is 0 Å². The maximum Gasteiger partial charge on any atom is 3.00 e. The van der Waals surface area contributed by atoms with Crippen LogP contribution in [0, 0.1) is 6.08 Å². The zero-order chi connectivity index (χ0) is 7.23. The van der Waals surface area contributed by atoms with Crippen molar-refractivity contribution >= 4 is 12.4 Å². The van der Waals surface area contributed by atoms with Gasteiger partial charge in [-0.05, 0) is 0 Å². The van der Waals surface area contributed by atoms with Gasteiger partial charge < -0.3 is 4.79 Å². The van der Waals surface area contributed by atoms with Crippen molar-refractivity contribution in [3.05, 3.63) is 42.0 Å². The van der Waals surface area contributed by atoms with Gasteiger partial charge in [-0.1, -0.05) is 18.2 Å². The second-order valence-corrected chi connectivity index (χ2v) is 1.84. The molecule has 2 heteroatoms. The molecule has 0 N–H and O–H groups in total. The summed E-state index contributed by atoms with van der Waals surface area (Å²) in [5.41, 5.74) is 0.995. The first-order valence-corrected chi connectivity index (χ1v) is 3.01. The molecule has 0 aliphatic carbocycles. The fourth-order valence-corrected chi connectivity index (χ4v) is 0.680. The number of allylic oxidation sites excluding steroid dienone is 1. The molecule has 0 atom stereocenters. The molecule has 0 saturated heterocycles. The first kappa shape index (κ1) is 10.7. The van der Waals surface area contributed by atoms with E-state index in [-0.39, 0.29) is 32.7 Å². The first-order valence-electron chi connectivity index (χ1n) is 3.01. The molecule has 0 saturated carbocycles. The number of rotatable bonds is 2. The summed E-state index contributed by atoms with van der Waals surface area (Å²) in [6, 6.07) is 9.59. The van der Waals surface area contributed by atoms with Gasteiger partial charge in [0.15, 0.2) is 0 Å². The molecule has 0 fully saturated rings. The van der Waals surface area contributed by atoms with E-state index < -0.39 is 0 Å². The summed E-state index contributed by atoms with van der Waals surface area (Å²) >= 11 is 0. The Morgan fingerprint density at radius 1 is 1.18 bits per heavy atom. The summed E-state index contributed by atoms with van der Waals surface area (Å²) in [6.45, 7) is 0. The summed E-state index contributed by atoms with van der Waals surface area (Å²) in [5, 5.41) is 0. The van der Waals surface area contributed by atoms with Gasteiger partial charge in [-0.25, -0.2) is 12.2 Å². The Hall–Kier alpha value is -0.266. The number of hydrogen-bond acceptors (Lipinski definition) is 1. The zero-order valence-corrected chi connectivity index (χ0v) is 8.87. The van der Waals surface area contributed by atoms with Crippen molar-refractivity contribution < 1.29 is 37.5 Å². The third-order valence-corrected chi connectivity index (χ3v) is 1.12. The summed E-state index contributed by atoms with van der Waals surface area (Å²) in [4.78, 5) is 9.84. The normalized spacial score (nSPS) is 9.09. The SMILES string of the molecule is O=C[C-]=Cc1ccccc1.[Y+3]. The molecule has 0 heterocycles. The van der Waals surface area contributed by atoms with Gasteiger partial charge in [0.25, 0.3) is 0 Å². The average Bonchev–Trinajstić information content (AvgIpc) is 2.03. The molecule has 11 heavy (non-hydrogen) atoms. The third kappa shape index (κ3) is 4.23. The van der Waals surface area contributed by atoms with E-state index in [2.05, 4.69) is 6.08 Å². The summed E-state index contributed by atoms with van der Waals surface area (Å²) < 4.78 is 0. The Labute approximate surface area is 91.4 Å². The quantitative estimate of drug-likeness (QED) is 0.421. The topological polar surface area (TPSA) is 17.1 Å². The minimum Gasteiger partial charge on any atom is -0.321 e. The van der Waals surface area contributed by atoms with E-state index in [9.17, 15) is 4.79 Å². The summed E-state index contributed by atoms with van der Waals surface area (Å²) in [7, 11) is 0. The van der Waals surface area contributed by atoms with Crippen LogP contribution in [0.2, 0.25) is 0 Å². The van der Waals surface area contributed by atoms with Crippen LogP contribution in [-0.2, 0) is 37.5 Å². The van der Waals surface area contributed by atoms with Crippen molar-refractivity contribution in [2.45, 2.75) is 0 Å². The molecule has 0 aliphatic heterocycles. The molecule has 0 unspecified atom stereocenters. The van der Waals surface area contributed by atoms with E-state index in [1.54, 1.807) is 6.08 Å². The van der Waals surface area contributed by atoms with Gasteiger partial charge >= 0.3 is 32.7 Å². The van der Waals surface area contributed by atoms with Gasteiger partial charge in [-0.3, -0.25) is 0 Å². The largest absolute Gasteiger partial charge is 3.00 e. The van der Waals surface area contributed by atoms with Crippen molar-refractivity contribution in [3.63, 3.8) is 0 Å². The molecule has 1 aromatic rings. The molecule has 0 spiro atoms. The van der Waals surface area contributed by atoms with Gasteiger partial charge in [-0.2, -0.15) is 5.56 Å². The Bertz CT molecular complexity index is 229. The number of carbonyl (C=O) groups excluding carboxylic acids is 1. The van der Waals surface area contributed by atoms with Crippen molar-refractivity contribution in [3.8, 4) is 0 Å². The van der Waals surface area contributed by atoms with Gasteiger partial charge in [0, 0.05) is 0 Å². The molecule has 0 aliphatic rings. The van der Waals surface area contributed by atoms with Crippen LogP contribution in [0.25, 0.3) is 6.08 Å². The monoisotopic (exact) mass is 220 g/mol. The Balaban J connectivity index is 0.000001000. The smallest absolute Gasteiger partial charge is 0.321 e. The maximum absolute atomic E-state index is 9.84. The van der Waals surface area contributed by atoms with Crippen molar-refractivity contribution in [2.24, 2.45) is 0 Å². The third-order valence-electron chi connectivity index (χ3n) is 1.12. The standard InChI is InChI=1S/C9H7O.Y/c10-8-4-7-9-5-2-1-3-6-9;/h1-3,5-8H;/q-1;+3. The number of hydrogen-bond donors (Lipinski definition) is 0. The van der Waals surface area contributed by atoms with E-state index in [4.69, 9.17) is 0 Å². The van der Waals surface area contributed by atoms with E-state index in [0.717, 1.165) is 5.56 Å². The fraction of sp³-hybridized carbons (Fsp3) is 0. The molecule has 1 rings (SSSR count). The Morgan fingerprint density at radius 2 is 1.82 bits per heavy atom. The van der Waals surface area contributed by atoms with Gasteiger partial charge in [0.2, 0.25) is 0 Å². The van der Waals surface area contributed by atoms with Crippen molar-refractivity contribution in [1.82, 2.24) is 0 Å². The van der Waals surface area contributed by atoms with Crippen LogP contribution < -0.4 is 0 Å². The van der Waals surface area contributed by atoms with E-state index in [0.29, 0.717) is 6.29 Å². The molecule has 50 valence electrons. The maximum atomic E-state index is 9.84. The first-order chi connectivity index (χ1) is 4.93. The molecule has 0 bridgehead atoms. The van der Waals surface area contributed by atoms with Crippen molar-refractivity contribution in [1.29, 1.82) is 0 Å². The van der Waals surface area contributed by atoms with Crippen LogP contribution in [0.5, 0.6) is 0 Å². The number of benzene rings is 1. The molecular weight excluding hydrogens is 213 g/mol. The second kappa shape index (κ2) is 6.44. The molecule has 1 nitrogen and oxygen atoms in total. The fourth-order valence-electron chi connectivity index (χ4n) is 0.680. The van der Waals surface area contributed by atoms with E-state index in [1.165, 1.54) is 0 Å². The summed E-state index contributed by atoms with van der Waals surface area (Å²) in [5.74, 6) is 0. The van der Waals surface area contributed by atoms with Gasteiger partial charge in [0.1, 0.15) is 0 Å². The zero-order valence-electron chi connectivity index (χ0n) is 6.03. The minimum atomic E-state index is 0. The minimum absolute atomic E-state index is 0. The van der Waals surface area contributed by atoms with E-state index >= 15 is 0 Å². The Morgan fingerprint density at radius 3 is 2.36 bits per heavy atom. The summed E-state index contributed by atoms with van der Waals surface area (Å²) in [6.07, 6.45) is 4.75. The van der Waals surface area contributed by atoms with Gasteiger partial charge in [-0.15, -0.1) is 12.1 Å². The number of aldehydes is 1. The second-order valence-electron chi connectivity index (χ2n) is 1.84. The van der Waals surface area contributed by atoms with E-state index in [1.807, 2.05) is 30.3 Å². The number of carbonyl (C=O) groups is 1. The van der Waals surface area contributed by atoms with Crippen LogP contribution in [0.15, 0.2) is 30.3 Å². The van der Waals surface area contributed by atoms with Crippen molar-refractivity contribution in [2.75, 3.05) is 0 Å². The predicted octanol–water partition coefficient (Wildman–Crippen LogP) is 1.70. The van der Waals surface area contributed by atoms with Crippen LogP contribution >= 0.6 is 0 Å². The molecular formula is C9H7OY+2. The van der Waals surface area contributed by atoms with Gasteiger partial charge in [0.05, 0.1) is 6.29 Å². The van der Waals surface area contributed by atoms with Crippen LogP contribution in [-0.4, -0.2) is 6.29 Å². The van der Waals surface area contributed by atoms with Crippen LogP contribution in [0.4, 0.5) is 0 Å². The van der Waals surface area contributed by atoms with Crippen LogP contribution in [0.1, 0.15) is 5.56 Å².